The number of aromatic nitrogens is 2. The third-order valence-electron chi connectivity index (χ3n) is 24.8. The molecule has 12 nitrogen and oxygen atoms in total. The second kappa shape index (κ2) is 20.9. The van der Waals surface area contributed by atoms with E-state index in [1.165, 1.54) is 50.5 Å². The lowest BCUT2D eigenvalue weighted by molar-refractivity contribution is -0.184. The van der Waals surface area contributed by atoms with Crippen molar-refractivity contribution < 1.29 is 30.3 Å². The van der Waals surface area contributed by atoms with Crippen molar-refractivity contribution >= 4 is 33.3 Å². The Balaban J connectivity index is 1.02. The Labute approximate surface area is 484 Å². The number of carbonyl (C=O) groups is 1. The summed E-state index contributed by atoms with van der Waals surface area (Å²) in [6, 6.07) is 10.9. The number of carbonyl (C=O) groups excluding carboxylic acids is 1. The first-order valence-electron chi connectivity index (χ1n) is 31.5. The van der Waals surface area contributed by atoms with Gasteiger partial charge in [0.15, 0.2) is 11.7 Å². The Bertz CT molecular complexity index is 2800. The maximum atomic E-state index is 15.6. The number of allylic oxidation sites excluding steroid dienone is 3. The number of aliphatic imine (C=N–C) groups is 1. The second-order valence-electron chi connectivity index (χ2n) is 29.3. The SMILES string of the molecule is CNC[C@@H]1[C@@H](O)[C@@H](O)C[C@]2(C)[C@@H]3C(=CC(=O)[C@H]12)[C@]1(O)[C@@H]2C[C@H]([C@@H]4C[C@@H]5CCCC6=C5[C@H](C(=C5C[C@H]7CC[C@H]8CCC[C@@]8(C7)[C@H]65)C(C)(C)C[C@H](n5ccnc5)CSS[C@@H]2CCc2ccccc2)[C@H]4O)[C@@]1(C)C[C@@H]3CN=C(N)N[C@@H](C)O. The van der Waals surface area contributed by atoms with E-state index in [-0.39, 0.29) is 71.0 Å². The molecule has 9 N–H and O–H groups in total. The number of aliphatic hydroxyl groups excluding tert-OH is 4. The van der Waals surface area contributed by atoms with Gasteiger partial charge in [-0.05, 0) is 192 Å². The van der Waals surface area contributed by atoms with Gasteiger partial charge in [-0.15, -0.1) is 0 Å². The largest absolute Gasteiger partial charge is 0.392 e. The Morgan fingerprint density at radius 3 is 2.54 bits per heavy atom. The van der Waals surface area contributed by atoms with Crippen LogP contribution in [0.5, 0.6) is 0 Å². The molecule has 0 unspecified atom stereocenters. The van der Waals surface area contributed by atoms with Crippen molar-refractivity contribution in [3.05, 3.63) is 88.6 Å². The molecule has 8 fully saturated rings. The Hall–Kier alpha value is -2.95. The summed E-state index contributed by atoms with van der Waals surface area (Å²) < 4.78 is 2.36. The van der Waals surface area contributed by atoms with E-state index in [2.05, 4.69) is 84.4 Å². The smallest absolute Gasteiger partial charge is 0.190 e. The maximum Gasteiger partial charge on any atom is 0.190 e. The third kappa shape index (κ3) is 8.66. The van der Waals surface area contributed by atoms with E-state index in [0.29, 0.717) is 42.6 Å². The molecular weight excluding hydrogens is 1040 g/mol. The number of guanidine groups is 1. The van der Waals surface area contributed by atoms with E-state index < -0.39 is 58.7 Å². The quantitative estimate of drug-likeness (QED) is 0.0390. The van der Waals surface area contributed by atoms with Crippen molar-refractivity contribution in [2.24, 2.45) is 103 Å². The number of ketones is 1. The molecule has 2 heterocycles. The number of rotatable bonds is 9. The van der Waals surface area contributed by atoms with E-state index in [1.54, 1.807) is 29.2 Å². The van der Waals surface area contributed by atoms with E-state index in [4.69, 9.17) is 10.7 Å². The molecule has 2 aromatic rings. The number of fused-ring (bicyclic) bond motifs is 14. The summed E-state index contributed by atoms with van der Waals surface area (Å²) in [5.74, 6) is 0.857. The molecule has 13 rings (SSSR count). The molecule has 14 heteroatoms. The van der Waals surface area contributed by atoms with Crippen LogP contribution < -0.4 is 16.4 Å². The van der Waals surface area contributed by atoms with Crippen molar-refractivity contribution in [2.45, 2.75) is 185 Å². The fraction of sp³-hybridized carbons (Fsp3) is 0.742. The predicted octanol–water partition coefficient (Wildman–Crippen LogP) is 9.59. The van der Waals surface area contributed by atoms with E-state index in [9.17, 15) is 20.4 Å². The molecule has 80 heavy (non-hydrogen) atoms. The van der Waals surface area contributed by atoms with Gasteiger partial charge in [-0.1, -0.05) is 108 Å². The standard InChI is InChI=1S/C66H94N6O6S2/c1-36(73)71-61(67)70-32-40-29-64(5)47-26-48(66(64,78)49-27-50(74)57-46(33-68-6)59(76)51(75)31-63(57,4)55(40)49)52(20-18-37-12-8-7-9-13-37)80-79-34-42(72-23-22-69-35-72)30-62(2,3)58-45-24-38-17-19-41-15-11-21-65(41,28-38)56(45)43-16-10-14-39-25-44(47)60(77)54(58)53(39)43/h7-9,12-13,22-23,27,35-36,38-42,44,46-48,51-52,54-57,59-60,68,73,75-78H,10-11,14-21,24-26,28-34H2,1-6H3,(H3,67,70,71)/t36-,38-,39+,40-,41-,42+,44+,46+,47-,48-,51+,52-,54-,55+,56-,57+,59-,60+,63-,64-,65+,66-/m1/s1. The summed E-state index contributed by atoms with van der Waals surface area (Å²) in [7, 11) is 5.73. The van der Waals surface area contributed by atoms with Gasteiger partial charge in [0.1, 0.15) is 6.23 Å². The number of imidazole rings is 1. The lowest BCUT2D eigenvalue weighted by atomic mass is 9.40. The van der Waals surface area contributed by atoms with E-state index in [0.717, 1.165) is 62.2 Å². The number of nitrogens with zero attached hydrogens (tertiary/aromatic N) is 3. The van der Waals surface area contributed by atoms with Crippen molar-refractivity contribution in [1.82, 2.24) is 20.2 Å². The second-order valence-corrected chi connectivity index (χ2v) is 31.9. The number of aryl methyl sites for hydroxylation is 1. The molecule has 1 aromatic carbocycles. The summed E-state index contributed by atoms with van der Waals surface area (Å²) in [4.78, 5) is 25.3. The Morgan fingerprint density at radius 2 is 1.77 bits per heavy atom. The highest BCUT2D eigenvalue weighted by atomic mass is 33.1. The predicted molar refractivity (Wildman–Crippen MR) is 319 cm³/mol. The number of benzene rings is 1. The van der Waals surface area contributed by atoms with Crippen LogP contribution in [-0.2, 0) is 11.2 Å². The molecule has 1 aromatic heterocycles. The minimum atomic E-state index is -1.47. The molecule has 1 aliphatic heterocycles. The van der Waals surface area contributed by atoms with Crippen molar-refractivity contribution in [2.75, 3.05) is 25.9 Å². The summed E-state index contributed by atoms with van der Waals surface area (Å²) in [5, 5.41) is 70.1. The van der Waals surface area contributed by atoms with E-state index >= 15 is 9.90 Å². The molecule has 1 spiro atoms. The van der Waals surface area contributed by atoms with Gasteiger partial charge in [0.05, 0.1) is 30.2 Å². The normalized spacial score (nSPS) is 46.0. The Kier molecular flexibility index (Phi) is 14.7. The molecule has 11 aliphatic rings. The molecule has 22 atom stereocenters. The number of hydrogen-bond donors (Lipinski definition) is 8. The molecule has 436 valence electrons. The monoisotopic (exact) mass is 1130 g/mol. The fourth-order valence-electron chi connectivity index (χ4n) is 22.4. The summed E-state index contributed by atoms with van der Waals surface area (Å²) in [6.07, 6.45) is 21.9. The molecule has 0 radical (unpaired) electrons. The van der Waals surface area contributed by atoms with Gasteiger partial charge >= 0.3 is 0 Å². The minimum absolute atomic E-state index is 0.0294. The number of hydrogen-bond acceptors (Lipinski definition) is 11. The van der Waals surface area contributed by atoms with Crippen LogP contribution in [0.15, 0.2) is 88.0 Å². The molecule has 6 bridgehead atoms. The third-order valence-corrected chi connectivity index (χ3v) is 27.8. The zero-order chi connectivity index (χ0) is 55.8. The maximum absolute atomic E-state index is 15.6. The molecule has 1 saturated heterocycles. The van der Waals surface area contributed by atoms with Gasteiger partial charge in [-0.25, -0.2) is 4.98 Å². The number of nitrogens with two attached hydrogens (primary N) is 1. The van der Waals surface area contributed by atoms with Gasteiger partial charge in [-0.3, -0.25) is 9.79 Å². The minimum Gasteiger partial charge on any atom is -0.392 e. The number of aliphatic hydroxyl groups is 5. The average Bonchev–Trinajstić information content (AvgIpc) is 3.51. The Morgan fingerprint density at radius 1 is 0.963 bits per heavy atom. The highest BCUT2D eigenvalue weighted by Gasteiger charge is 2.75. The first-order chi connectivity index (χ1) is 38.3. The van der Waals surface area contributed by atoms with Gasteiger partial charge < -0.3 is 46.5 Å². The van der Waals surface area contributed by atoms with Crippen LogP contribution in [0, 0.1) is 92.7 Å². The van der Waals surface area contributed by atoms with Crippen LogP contribution in [0.25, 0.3) is 0 Å². The molecular formula is C66H94N6O6S2. The zero-order valence-electron chi connectivity index (χ0n) is 48.6. The van der Waals surface area contributed by atoms with Crippen molar-refractivity contribution in [1.29, 1.82) is 0 Å². The van der Waals surface area contributed by atoms with Crippen molar-refractivity contribution in [3.8, 4) is 0 Å². The van der Waals surface area contributed by atoms with Crippen LogP contribution in [0.3, 0.4) is 0 Å². The fourth-order valence-corrected chi connectivity index (χ4v) is 25.7. The van der Waals surface area contributed by atoms with Gasteiger partial charge in [0.25, 0.3) is 0 Å². The zero-order valence-corrected chi connectivity index (χ0v) is 50.2. The summed E-state index contributed by atoms with van der Waals surface area (Å²) in [5.41, 5.74) is 12.2. The lowest BCUT2D eigenvalue weighted by Crippen LogP contribution is -2.68. The summed E-state index contributed by atoms with van der Waals surface area (Å²) >= 11 is 0. The van der Waals surface area contributed by atoms with Crippen LogP contribution in [0.1, 0.15) is 149 Å². The number of nitrogens with one attached hydrogen (secondary N) is 2. The topological polar surface area (TPSA) is 198 Å². The first kappa shape index (κ1) is 56.2. The first-order valence-corrected chi connectivity index (χ1v) is 33.9. The molecule has 0 amide bonds. The highest BCUT2D eigenvalue weighted by Crippen LogP contribution is 2.76. The molecule has 10 aliphatic carbocycles. The molecule has 7 saturated carbocycles. The van der Waals surface area contributed by atoms with Gasteiger partial charge in [-0.2, -0.15) is 0 Å². The van der Waals surface area contributed by atoms with Crippen LogP contribution in [-0.4, -0.2) is 108 Å². The van der Waals surface area contributed by atoms with Crippen molar-refractivity contribution in [3.63, 3.8) is 0 Å². The van der Waals surface area contributed by atoms with Gasteiger partial charge in [0.2, 0.25) is 0 Å². The lowest BCUT2D eigenvalue weighted by Gasteiger charge is -2.65. The average molecular weight is 1130 g/mol. The van der Waals surface area contributed by atoms with E-state index in [1.807, 2.05) is 47.2 Å². The highest BCUT2D eigenvalue weighted by molar-refractivity contribution is 8.76. The van der Waals surface area contributed by atoms with Gasteiger partial charge in [0, 0.05) is 77.5 Å². The summed E-state index contributed by atoms with van der Waals surface area (Å²) in [6.45, 7) is 11.9. The van der Waals surface area contributed by atoms with Crippen LogP contribution in [0.2, 0.25) is 0 Å². The van der Waals surface area contributed by atoms with Crippen LogP contribution >= 0.6 is 21.6 Å². The van der Waals surface area contributed by atoms with Crippen LogP contribution in [0.4, 0.5) is 0 Å².